The molecule has 0 unspecified atom stereocenters. The van der Waals surface area contributed by atoms with E-state index in [1.807, 2.05) is 24.3 Å². The van der Waals surface area contributed by atoms with Crippen LogP contribution in [-0.2, 0) is 4.79 Å². The number of Topliss-reactive ketones (excluding diaryl/α,β-unsaturated/α-hetero) is 1. The van der Waals surface area contributed by atoms with E-state index in [2.05, 4.69) is 15.9 Å². The molecule has 16 heavy (non-hydrogen) atoms. The van der Waals surface area contributed by atoms with Gasteiger partial charge in [-0.25, -0.2) is 0 Å². The topological polar surface area (TPSA) is 26.3 Å². The van der Waals surface area contributed by atoms with E-state index >= 15 is 0 Å². The first kappa shape index (κ1) is 13.2. The molecule has 0 N–H and O–H groups in total. The fourth-order valence-electron chi connectivity index (χ4n) is 1.37. The van der Waals surface area contributed by atoms with Crippen LogP contribution >= 0.6 is 15.9 Å². The van der Waals surface area contributed by atoms with Crippen molar-refractivity contribution in [1.82, 2.24) is 0 Å². The predicted molar refractivity (Wildman–Crippen MR) is 68.8 cm³/mol. The van der Waals surface area contributed by atoms with Crippen molar-refractivity contribution in [3.8, 4) is 5.75 Å². The highest BCUT2D eigenvalue weighted by atomic mass is 79.9. The molecule has 1 aromatic rings. The van der Waals surface area contributed by atoms with Crippen LogP contribution in [0.2, 0.25) is 0 Å². The van der Waals surface area contributed by atoms with E-state index in [1.54, 1.807) is 6.92 Å². The molecule has 0 saturated heterocycles. The molecule has 0 fully saturated rings. The Bertz CT molecular complexity index is 319. The molecule has 0 heterocycles. The summed E-state index contributed by atoms with van der Waals surface area (Å²) in [6, 6.07) is 7.81. The summed E-state index contributed by atoms with van der Waals surface area (Å²) in [5.41, 5.74) is 0. The van der Waals surface area contributed by atoms with E-state index in [0.29, 0.717) is 6.42 Å². The van der Waals surface area contributed by atoms with Crippen molar-refractivity contribution in [3.63, 3.8) is 0 Å². The van der Waals surface area contributed by atoms with Crippen molar-refractivity contribution < 1.29 is 9.53 Å². The van der Waals surface area contributed by atoms with Gasteiger partial charge in [-0.3, -0.25) is 0 Å². The Morgan fingerprint density at radius 3 is 2.50 bits per heavy atom. The third kappa shape index (κ3) is 5.91. The monoisotopic (exact) mass is 284 g/mol. The van der Waals surface area contributed by atoms with Crippen LogP contribution in [0.1, 0.15) is 32.6 Å². The summed E-state index contributed by atoms with van der Waals surface area (Å²) < 4.78 is 6.62. The van der Waals surface area contributed by atoms with Gasteiger partial charge in [-0.2, -0.15) is 0 Å². The van der Waals surface area contributed by atoms with Crippen LogP contribution in [0.4, 0.5) is 0 Å². The molecular weight excluding hydrogens is 268 g/mol. The maximum absolute atomic E-state index is 10.7. The van der Waals surface area contributed by atoms with Crippen LogP contribution in [0.5, 0.6) is 5.75 Å². The average Bonchev–Trinajstić information content (AvgIpc) is 2.25. The second kappa shape index (κ2) is 7.44. The van der Waals surface area contributed by atoms with Gasteiger partial charge in [-0.05, 0) is 50.5 Å². The Labute approximate surface area is 105 Å². The van der Waals surface area contributed by atoms with Crippen LogP contribution < -0.4 is 4.74 Å². The minimum Gasteiger partial charge on any atom is -0.494 e. The van der Waals surface area contributed by atoms with Crippen LogP contribution in [-0.4, -0.2) is 12.4 Å². The van der Waals surface area contributed by atoms with Gasteiger partial charge in [0.15, 0.2) is 0 Å². The zero-order valence-electron chi connectivity index (χ0n) is 9.54. The number of ether oxygens (including phenoxy) is 1. The second-order valence-corrected chi connectivity index (χ2v) is 4.73. The highest BCUT2D eigenvalue weighted by molar-refractivity contribution is 9.10. The van der Waals surface area contributed by atoms with Gasteiger partial charge in [0.25, 0.3) is 0 Å². The van der Waals surface area contributed by atoms with Gasteiger partial charge in [-0.1, -0.05) is 15.9 Å². The summed E-state index contributed by atoms with van der Waals surface area (Å²) >= 11 is 3.37. The predicted octanol–water partition coefficient (Wildman–Crippen LogP) is 3.98. The molecular formula is C13H17BrO2. The van der Waals surface area contributed by atoms with E-state index in [1.165, 1.54) is 0 Å². The lowest BCUT2D eigenvalue weighted by atomic mass is 10.1. The molecule has 88 valence electrons. The van der Waals surface area contributed by atoms with Gasteiger partial charge in [0.05, 0.1) is 6.61 Å². The third-order valence-corrected chi connectivity index (χ3v) is 2.78. The molecule has 0 aliphatic rings. The first-order chi connectivity index (χ1) is 7.68. The summed E-state index contributed by atoms with van der Waals surface area (Å²) in [4.78, 5) is 10.7. The van der Waals surface area contributed by atoms with E-state index in [0.717, 1.165) is 36.1 Å². The van der Waals surface area contributed by atoms with Gasteiger partial charge in [0, 0.05) is 10.9 Å². The largest absolute Gasteiger partial charge is 0.494 e. The number of ketones is 1. The molecule has 0 aliphatic carbocycles. The number of hydrogen-bond donors (Lipinski definition) is 0. The second-order valence-electron chi connectivity index (χ2n) is 3.82. The molecule has 0 aliphatic heterocycles. The lowest BCUT2D eigenvalue weighted by molar-refractivity contribution is -0.117. The number of unbranched alkanes of at least 4 members (excludes halogenated alkanes) is 2. The Morgan fingerprint density at radius 2 is 1.88 bits per heavy atom. The Balaban J connectivity index is 2.07. The molecule has 0 radical (unpaired) electrons. The van der Waals surface area contributed by atoms with E-state index in [4.69, 9.17) is 4.74 Å². The van der Waals surface area contributed by atoms with Crippen LogP contribution in [0, 0.1) is 0 Å². The first-order valence-electron chi connectivity index (χ1n) is 5.56. The van der Waals surface area contributed by atoms with Gasteiger partial charge in [0.2, 0.25) is 0 Å². The summed E-state index contributed by atoms with van der Waals surface area (Å²) in [6.07, 6.45) is 3.72. The molecule has 0 amide bonds. The van der Waals surface area contributed by atoms with Crippen molar-refractivity contribution in [2.45, 2.75) is 32.6 Å². The molecule has 0 aromatic heterocycles. The smallest absolute Gasteiger partial charge is 0.129 e. The average molecular weight is 285 g/mol. The number of benzene rings is 1. The molecule has 1 rings (SSSR count). The van der Waals surface area contributed by atoms with Crippen molar-refractivity contribution in [2.75, 3.05) is 6.61 Å². The molecule has 0 saturated carbocycles. The standard InChI is InChI=1S/C13H17BrO2/c1-11(15)5-3-2-4-10-16-13-8-6-12(14)7-9-13/h6-9H,2-5,10H2,1H3. The molecule has 0 atom stereocenters. The molecule has 0 spiro atoms. The summed E-state index contributed by atoms with van der Waals surface area (Å²) in [7, 11) is 0. The number of rotatable bonds is 7. The Kier molecular flexibility index (Phi) is 6.16. The van der Waals surface area contributed by atoms with Gasteiger partial charge < -0.3 is 9.53 Å². The molecule has 3 heteroatoms. The van der Waals surface area contributed by atoms with Crippen LogP contribution in [0.25, 0.3) is 0 Å². The van der Waals surface area contributed by atoms with Crippen molar-refractivity contribution in [1.29, 1.82) is 0 Å². The van der Waals surface area contributed by atoms with E-state index in [-0.39, 0.29) is 5.78 Å². The van der Waals surface area contributed by atoms with Crippen molar-refractivity contribution in [3.05, 3.63) is 28.7 Å². The zero-order valence-corrected chi connectivity index (χ0v) is 11.1. The maximum atomic E-state index is 10.7. The number of halogens is 1. The van der Waals surface area contributed by atoms with Crippen molar-refractivity contribution >= 4 is 21.7 Å². The highest BCUT2D eigenvalue weighted by Gasteiger charge is 1.96. The van der Waals surface area contributed by atoms with Gasteiger partial charge >= 0.3 is 0 Å². The zero-order chi connectivity index (χ0) is 11.8. The summed E-state index contributed by atoms with van der Waals surface area (Å²) in [5.74, 6) is 1.17. The third-order valence-electron chi connectivity index (χ3n) is 2.26. The Hall–Kier alpha value is -0.830. The van der Waals surface area contributed by atoms with Gasteiger partial charge in [-0.15, -0.1) is 0 Å². The van der Waals surface area contributed by atoms with Crippen LogP contribution in [0.3, 0.4) is 0 Å². The number of hydrogen-bond acceptors (Lipinski definition) is 2. The first-order valence-corrected chi connectivity index (χ1v) is 6.35. The lowest BCUT2D eigenvalue weighted by Gasteiger charge is -2.05. The molecule has 0 bridgehead atoms. The van der Waals surface area contributed by atoms with Crippen molar-refractivity contribution in [2.24, 2.45) is 0 Å². The van der Waals surface area contributed by atoms with E-state index in [9.17, 15) is 4.79 Å². The van der Waals surface area contributed by atoms with Crippen LogP contribution in [0.15, 0.2) is 28.7 Å². The summed E-state index contributed by atoms with van der Waals surface area (Å²) in [5, 5.41) is 0. The fourth-order valence-corrected chi connectivity index (χ4v) is 1.64. The minimum absolute atomic E-state index is 0.272. The van der Waals surface area contributed by atoms with Gasteiger partial charge in [0.1, 0.15) is 11.5 Å². The highest BCUT2D eigenvalue weighted by Crippen LogP contribution is 2.16. The summed E-state index contributed by atoms with van der Waals surface area (Å²) in [6.45, 7) is 2.36. The Morgan fingerprint density at radius 1 is 1.19 bits per heavy atom. The number of carbonyl (C=O) groups is 1. The SMILES string of the molecule is CC(=O)CCCCCOc1ccc(Br)cc1. The fraction of sp³-hybridized carbons (Fsp3) is 0.462. The normalized spacial score (nSPS) is 10.1. The number of carbonyl (C=O) groups excluding carboxylic acids is 1. The maximum Gasteiger partial charge on any atom is 0.129 e. The van der Waals surface area contributed by atoms with E-state index < -0.39 is 0 Å². The molecule has 2 nitrogen and oxygen atoms in total. The molecule has 1 aromatic carbocycles. The lowest BCUT2D eigenvalue weighted by Crippen LogP contribution is -1.98. The minimum atomic E-state index is 0.272. The quantitative estimate of drug-likeness (QED) is 0.708.